The molecule has 3 heteroatoms. The second-order valence-electron chi connectivity index (χ2n) is 3.97. The molecule has 1 aromatic rings. The Morgan fingerprint density at radius 1 is 1.36 bits per heavy atom. The van der Waals surface area contributed by atoms with Crippen molar-refractivity contribution in [1.29, 1.82) is 0 Å². The Labute approximate surface area is 83.4 Å². The summed E-state index contributed by atoms with van der Waals surface area (Å²) < 4.78 is 1.85. The van der Waals surface area contributed by atoms with E-state index in [0.29, 0.717) is 5.69 Å². The Hall–Kier alpha value is -1.25. The van der Waals surface area contributed by atoms with Gasteiger partial charge in [0.2, 0.25) is 0 Å². The number of fused-ring (bicyclic) bond motifs is 1. The number of hydrogen-bond donors (Lipinski definition) is 1. The number of hydrogen-bond acceptors (Lipinski definition) is 1. The van der Waals surface area contributed by atoms with Gasteiger partial charge in [-0.2, -0.15) is 0 Å². The first-order chi connectivity index (χ1) is 6.63. The van der Waals surface area contributed by atoms with Crippen LogP contribution in [0.15, 0.2) is 0 Å². The standard InChI is InChI=1S/C11H15NO2/c1-7-8-5-3-4-6-9(8)12(2)10(7)11(13)14/h3-6H2,1-2H3,(H,13,14). The third-order valence-corrected chi connectivity index (χ3v) is 3.19. The van der Waals surface area contributed by atoms with E-state index in [1.165, 1.54) is 24.1 Å². The van der Waals surface area contributed by atoms with E-state index in [1.54, 1.807) is 0 Å². The minimum Gasteiger partial charge on any atom is -0.477 e. The molecule has 0 unspecified atom stereocenters. The lowest BCUT2D eigenvalue weighted by molar-refractivity contribution is 0.0685. The van der Waals surface area contributed by atoms with Gasteiger partial charge in [0, 0.05) is 12.7 Å². The van der Waals surface area contributed by atoms with Crippen molar-refractivity contribution in [3.63, 3.8) is 0 Å². The number of carbonyl (C=O) groups is 1. The molecule has 0 aromatic carbocycles. The molecule has 0 amide bonds. The van der Waals surface area contributed by atoms with Crippen molar-refractivity contribution < 1.29 is 9.90 Å². The maximum Gasteiger partial charge on any atom is 0.352 e. The summed E-state index contributed by atoms with van der Waals surface area (Å²) in [6.45, 7) is 1.92. The fraction of sp³-hybridized carbons (Fsp3) is 0.545. The van der Waals surface area contributed by atoms with Crippen LogP contribution in [0, 0.1) is 6.92 Å². The highest BCUT2D eigenvalue weighted by molar-refractivity contribution is 5.88. The van der Waals surface area contributed by atoms with E-state index in [-0.39, 0.29) is 0 Å². The summed E-state index contributed by atoms with van der Waals surface area (Å²) in [5, 5.41) is 9.07. The molecule has 0 radical (unpaired) electrons. The number of nitrogens with zero attached hydrogens (tertiary/aromatic N) is 1. The lowest BCUT2D eigenvalue weighted by atomic mass is 9.95. The largest absolute Gasteiger partial charge is 0.477 e. The van der Waals surface area contributed by atoms with Crippen LogP contribution in [0.4, 0.5) is 0 Å². The molecule has 0 spiro atoms. The zero-order chi connectivity index (χ0) is 10.3. The van der Waals surface area contributed by atoms with Crippen LogP contribution in [0.3, 0.4) is 0 Å². The van der Waals surface area contributed by atoms with Gasteiger partial charge in [-0.1, -0.05) is 0 Å². The summed E-state index contributed by atoms with van der Waals surface area (Å²) in [5.41, 5.74) is 3.94. The molecule has 1 heterocycles. The highest BCUT2D eigenvalue weighted by Gasteiger charge is 2.23. The Bertz CT molecular complexity index is 361. The van der Waals surface area contributed by atoms with Gasteiger partial charge in [-0.3, -0.25) is 0 Å². The number of rotatable bonds is 1. The molecule has 1 N–H and O–H groups in total. The monoisotopic (exact) mass is 193 g/mol. The Kier molecular flexibility index (Phi) is 2.10. The molecule has 0 bridgehead atoms. The van der Waals surface area contributed by atoms with E-state index in [9.17, 15) is 4.79 Å². The van der Waals surface area contributed by atoms with E-state index < -0.39 is 5.97 Å². The first kappa shape index (κ1) is 9.31. The fourth-order valence-electron chi connectivity index (χ4n) is 2.50. The smallest absolute Gasteiger partial charge is 0.352 e. The summed E-state index contributed by atoms with van der Waals surface area (Å²) in [6, 6.07) is 0. The number of carboxylic acids is 1. The first-order valence-corrected chi connectivity index (χ1v) is 5.03. The van der Waals surface area contributed by atoms with Crippen molar-refractivity contribution >= 4 is 5.97 Å². The molecule has 0 saturated heterocycles. The van der Waals surface area contributed by atoms with Gasteiger partial charge in [0.1, 0.15) is 5.69 Å². The van der Waals surface area contributed by atoms with Crippen LogP contribution in [0.2, 0.25) is 0 Å². The molecule has 76 valence electrons. The molecule has 0 aliphatic heterocycles. The predicted octanol–water partition coefficient (Wildman–Crippen LogP) is 1.91. The molecular formula is C11H15NO2. The lowest BCUT2D eigenvalue weighted by Gasteiger charge is -2.13. The van der Waals surface area contributed by atoms with Crippen molar-refractivity contribution in [3.05, 3.63) is 22.5 Å². The van der Waals surface area contributed by atoms with Crippen molar-refractivity contribution in [3.8, 4) is 0 Å². The molecular weight excluding hydrogens is 178 g/mol. The van der Waals surface area contributed by atoms with Crippen molar-refractivity contribution in [2.24, 2.45) is 7.05 Å². The van der Waals surface area contributed by atoms with Gasteiger partial charge in [-0.15, -0.1) is 0 Å². The molecule has 14 heavy (non-hydrogen) atoms. The SMILES string of the molecule is Cc1c2c(n(C)c1C(=O)O)CCCC2. The van der Waals surface area contributed by atoms with Gasteiger partial charge in [0.05, 0.1) is 0 Å². The van der Waals surface area contributed by atoms with Gasteiger partial charge >= 0.3 is 5.97 Å². The maximum atomic E-state index is 11.0. The molecule has 1 aliphatic rings. The summed E-state index contributed by atoms with van der Waals surface area (Å²) in [5.74, 6) is -0.806. The van der Waals surface area contributed by atoms with Crippen LogP contribution in [0.5, 0.6) is 0 Å². The zero-order valence-electron chi connectivity index (χ0n) is 8.63. The molecule has 3 nitrogen and oxygen atoms in total. The normalized spacial score (nSPS) is 15.3. The van der Waals surface area contributed by atoms with Gasteiger partial charge in [0.15, 0.2) is 0 Å². The van der Waals surface area contributed by atoms with Gasteiger partial charge in [-0.25, -0.2) is 4.79 Å². The van der Waals surface area contributed by atoms with Crippen molar-refractivity contribution in [2.75, 3.05) is 0 Å². The van der Waals surface area contributed by atoms with E-state index in [1.807, 2.05) is 18.5 Å². The summed E-state index contributed by atoms with van der Waals surface area (Å²) >= 11 is 0. The molecule has 0 saturated carbocycles. The average Bonchev–Trinajstić information content (AvgIpc) is 2.41. The molecule has 1 aromatic heterocycles. The Balaban J connectivity index is 2.63. The Morgan fingerprint density at radius 2 is 2.00 bits per heavy atom. The zero-order valence-corrected chi connectivity index (χ0v) is 8.63. The second kappa shape index (κ2) is 3.15. The summed E-state index contributed by atoms with van der Waals surface area (Å²) in [4.78, 5) is 11.0. The van der Waals surface area contributed by atoms with Crippen molar-refractivity contribution in [1.82, 2.24) is 4.57 Å². The third kappa shape index (κ3) is 1.15. The summed E-state index contributed by atoms with van der Waals surface area (Å²) in [6.07, 6.45) is 4.45. The van der Waals surface area contributed by atoms with E-state index >= 15 is 0 Å². The highest BCUT2D eigenvalue weighted by Crippen LogP contribution is 2.28. The van der Waals surface area contributed by atoms with Gasteiger partial charge in [0.25, 0.3) is 0 Å². The number of carboxylic acid groups (broad SMARTS) is 1. The average molecular weight is 193 g/mol. The van der Waals surface area contributed by atoms with Gasteiger partial charge < -0.3 is 9.67 Å². The lowest BCUT2D eigenvalue weighted by Crippen LogP contribution is -2.09. The van der Waals surface area contributed by atoms with Gasteiger partial charge in [-0.05, 0) is 43.7 Å². The first-order valence-electron chi connectivity index (χ1n) is 5.03. The fourth-order valence-corrected chi connectivity index (χ4v) is 2.50. The predicted molar refractivity (Wildman–Crippen MR) is 53.8 cm³/mol. The topological polar surface area (TPSA) is 42.2 Å². The molecule has 0 atom stereocenters. The van der Waals surface area contributed by atoms with Crippen LogP contribution in [0.1, 0.15) is 40.2 Å². The second-order valence-corrected chi connectivity index (χ2v) is 3.97. The molecule has 2 rings (SSSR count). The highest BCUT2D eigenvalue weighted by atomic mass is 16.4. The van der Waals surface area contributed by atoms with Crippen LogP contribution in [-0.4, -0.2) is 15.6 Å². The summed E-state index contributed by atoms with van der Waals surface area (Å²) in [7, 11) is 1.86. The third-order valence-electron chi connectivity index (χ3n) is 3.19. The quantitative estimate of drug-likeness (QED) is 0.740. The van der Waals surface area contributed by atoms with E-state index in [0.717, 1.165) is 18.4 Å². The van der Waals surface area contributed by atoms with E-state index in [2.05, 4.69) is 0 Å². The minimum absolute atomic E-state index is 0.469. The number of aromatic nitrogens is 1. The maximum absolute atomic E-state index is 11.0. The molecule has 1 aliphatic carbocycles. The van der Waals surface area contributed by atoms with E-state index in [4.69, 9.17) is 5.11 Å². The van der Waals surface area contributed by atoms with Crippen LogP contribution in [0.25, 0.3) is 0 Å². The van der Waals surface area contributed by atoms with Crippen molar-refractivity contribution in [2.45, 2.75) is 32.6 Å². The Morgan fingerprint density at radius 3 is 2.57 bits per heavy atom. The van der Waals surface area contributed by atoms with Crippen LogP contribution >= 0.6 is 0 Å². The van der Waals surface area contributed by atoms with Crippen LogP contribution < -0.4 is 0 Å². The molecule has 0 fully saturated rings. The minimum atomic E-state index is -0.806. The van der Waals surface area contributed by atoms with Crippen LogP contribution in [-0.2, 0) is 19.9 Å². The number of aromatic carboxylic acids is 1.